The van der Waals surface area contributed by atoms with Crippen LogP contribution in [0, 0.1) is 0 Å². The van der Waals surface area contributed by atoms with E-state index in [-0.39, 0.29) is 13.2 Å². The molecule has 2 unspecified atom stereocenters. The minimum absolute atomic E-state index is 0.161. The van der Waals surface area contributed by atoms with Crippen LogP contribution in [-0.2, 0) is 9.47 Å². The third-order valence-corrected chi connectivity index (χ3v) is 1.29. The van der Waals surface area contributed by atoms with Crippen molar-refractivity contribution in [1.29, 1.82) is 0 Å². The van der Waals surface area contributed by atoms with Crippen LogP contribution in [0.4, 0.5) is 0 Å². The normalized spacial score (nSPS) is 18.8. The number of alkyl halides is 2. The first-order valence-electron chi connectivity index (χ1n) is 3.71. The molecular weight excluding hydrogens is 203 g/mol. The van der Waals surface area contributed by atoms with Gasteiger partial charge < -0.3 is 14.6 Å². The molecule has 74 valence electrons. The first kappa shape index (κ1) is 12.5. The first-order valence-corrected chi connectivity index (χ1v) is 4.59. The topological polar surface area (TPSA) is 38.7 Å². The number of ether oxygens (including phenoxy) is 2. The Balaban J connectivity index is 3.27. The van der Waals surface area contributed by atoms with Crippen LogP contribution in [0.3, 0.4) is 0 Å². The van der Waals surface area contributed by atoms with E-state index in [2.05, 4.69) is 0 Å². The number of aliphatic hydroxyl groups is 1. The van der Waals surface area contributed by atoms with E-state index in [9.17, 15) is 5.11 Å². The summed E-state index contributed by atoms with van der Waals surface area (Å²) in [6, 6.07) is 0. The lowest BCUT2D eigenvalue weighted by molar-refractivity contribution is -0.0277. The van der Waals surface area contributed by atoms with Crippen molar-refractivity contribution in [2.75, 3.05) is 13.2 Å². The molecule has 0 amide bonds. The molecule has 0 rings (SSSR count). The number of hydrogen-bond donors (Lipinski definition) is 1. The van der Waals surface area contributed by atoms with Gasteiger partial charge in [0, 0.05) is 0 Å². The van der Waals surface area contributed by atoms with Gasteiger partial charge in [0.25, 0.3) is 0 Å². The zero-order valence-electron chi connectivity index (χ0n) is 7.17. The molecule has 0 bridgehead atoms. The molecule has 12 heavy (non-hydrogen) atoms. The van der Waals surface area contributed by atoms with E-state index in [0.717, 1.165) is 0 Å². The Labute approximate surface area is 82.6 Å². The summed E-state index contributed by atoms with van der Waals surface area (Å²) in [5.74, 6) is 0. The second-order valence-electron chi connectivity index (χ2n) is 2.41. The first-order chi connectivity index (χ1) is 5.52. The smallest absolute Gasteiger partial charge is 0.128 e. The maximum absolute atomic E-state index is 9.18. The Kier molecular flexibility index (Phi) is 7.19. The van der Waals surface area contributed by atoms with Crippen LogP contribution < -0.4 is 0 Å². The van der Waals surface area contributed by atoms with Gasteiger partial charge in [0.1, 0.15) is 17.2 Å². The van der Waals surface area contributed by atoms with Crippen molar-refractivity contribution in [3.8, 4) is 0 Å². The molecule has 0 radical (unpaired) electrons. The van der Waals surface area contributed by atoms with Crippen LogP contribution in [0.15, 0.2) is 0 Å². The highest BCUT2D eigenvalue weighted by Crippen LogP contribution is 2.00. The lowest BCUT2D eigenvalue weighted by Gasteiger charge is -2.13. The van der Waals surface area contributed by atoms with E-state index in [1.54, 1.807) is 13.8 Å². The Hall–Kier alpha value is 0.460. The van der Waals surface area contributed by atoms with Crippen LogP contribution in [-0.4, -0.2) is 35.6 Å². The summed E-state index contributed by atoms with van der Waals surface area (Å²) in [6.45, 7) is 3.68. The highest BCUT2D eigenvalue weighted by molar-refractivity contribution is 6.19. The lowest BCUT2D eigenvalue weighted by Crippen LogP contribution is -2.24. The van der Waals surface area contributed by atoms with E-state index < -0.39 is 17.2 Å². The van der Waals surface area contributed by atoms with Crippen molar-refractivity contribution in [2.24, 2.45) is 0 Å². The van der Waals surface area contributed by atoms with E-state index in [1.165, 1.54) is 0 Å². The van der Waals surface area contributed by atoms with Gasteiger partial charge in [-0.2, -0.15) is 0 Å². The van der Waals surface area contributed by atoms with Crippen LogP contribution in [0.25, 0.3) is 0 Å². The zero-order valence-corrected chi connectivity index (χ0v) is 8.68. The van der Waals surface area contributed by atoms with Crippen molar-refractivity contribution in [3.05, 3.63) is 0 Å². The standard InChI is InChI=1S/C7H14Cl2O3/c1-5(8)11-3-7(10)4-12-6(2)9/h5-7,10H,3-4H2,1-2H3. The van der Waals surface area contributed by atoms with Gasteiger partial charge in [-0.3, -0.25) is 0 Å². The van der Waals surface area contributed by atoms with Crippen molar-refractivity contribution in [2.45, 2.75) is 31.1 Å². The maximum atomic E-state index is 9.18. The lowest BCUT2D eigenvalue weighted by atomic mass is 10.4. The second kappa shape index (κ2) is 6.92. The molecular formula is C7H14Cl2O3. The van der Waals surface area contributed by atoms with Gasteiger partial charge in [-0.05, 0) is 13.8 Å². The highest BCUT2D eigenvalue weighted by Gasteiger charge is 2.07. The van der Waals surface area contributed by atoms with E-state index in [1.807, 2.05) is 0 Å². The average molecular weight is 217 g/mol. The molecule has 0 aliphatic carbocycles. The summed E-state index contributed by atoms with van der Waals surface area (Å²) < 4.78 is 9.86. The third kappa shape index (κ3) is 8.56. The fourth-order valence-corrected chi connectivity index (χ4v) is 0.681. The minimum atomic E-state index is -0.674. The van der Waals surface area contributed by atoms with Gasteiger partial charge in [-0.1, -0.05) is 23.2 Å². The number of hydrogen-bond acceptors (Lipinski definition) is 3. The third-order valence-electron chi connectivity index (χ3n) is 1.04. The summed E-state index contributed by atoms with van der Waals surface area (Å²) in [5, 5.41) is 9.18. The molecule has 0 aliphatic rings. The van der Waals surface area contributed by atoms with Crippen LogP contribution in [0.1, 0.15) is 13.8 Å². The molecule has 0 heterocycles. The number of halogens is 2. The van der Waals surface area contributed by atoms with Crippen molar-refractivity contribution >= 4 is 23.2 Å². The van der Waals surface area contributed by atoms with Crippen molar-refractivity contribution in [3.63, 3.8) is 0 Å². The number of rotatable bonds is 6. The Morgan fingerprint density at radius 1 is 1.08 bits per heavy atom. The molecule has 3 nitrogen and oxygen atoms in total. The zero-order chi connectivity index (χ0) is 9.56. The molecule has 5 heteroatoms. The van der Waals surface area contributed by atoms with E-state index in [0.29, 0.717) is 0 Å². The van der Waals surface area contributed by atoms with Gasteiger partial charge in [0.05, 0.1) is 13.2 Å². The molecule has 0 saturated carbocycles. The van der Waals surface area contributed by atoms with Gasteiger partial charge in [-0.25, -0.2) is 0 Å². The highest BCUT2D eigenvalue weighted by atomic mass is 35.5. The molecule has 0 aromatic heterocycles. The fraction of sp³-hybridized carbons (Fsp3) is 1.00. The predicted octanol–water partition coefficient (Wildman–Crippen LogP) is 1.55. The molecule has 0 fully saturated rings. The predicted molar refractivity (Wildman–Crippen MR) is 48.5 cm³/mol. The van der Waals surface area contributed by atoms with Gasteiger partial charge in [-0.15, -0.1) is 0 Å². The van der Waals surface area contributed by atoms with Crippen LogP contribution in [0.2, 0.25) is 0 Å². The van der Waals surface area contributed by atoms with Gasteiger partial charge in [0.2, 0.25) is 0 Å². The molecule has 0 saturated heterocycles. The quantitative estimate of drug-likeness (QED) is 0.686. The van der Waals surface area contributed by atoms with E-state index >= 15 is 0 Å². The van der Waals surface area contributed by atoms with Crippen molar-refractivity contribution in [1.82, 2.24) is 0 Å². The Bertz CT molecular complexity index is 96.8. The second-order valence-corrected chi connectivity index (χ2v) is 3.64. The molecule has 0 aliphatic heterocycles. The monoisotopic (exact) mass is 216 g/mol. The molecule has 0 spiro atoms. The molecule has 0 aromatic rings. The SMILES string of the molecule is CC(Cl)OCC(O)COC(C)Cl. The molecule has 2 atom stereocenters. The summed E-state index contributed by atoms with van der Waals surface area (Å²) in [6.07, 6.45) is -0.674. The maximum Gasteiger partial charge on any atom is 0.128 e. The van der Waals surface area contributed by atoms with Gasteiger partial charge in [0.15, 0.2) is 0 Å². The fourth-order valence-electron chi connectivity index (χ4n) is 0.535. The Morgan fingerprint density at radius 3 is 1.67 bits per heavy atom. The minimum Gasteiger partial charge on any atom is -0.388 e. The summed E-state index contributed by atoms with van der Waals surface area (Å²) in [5.41, 5.74) is -0.791. The summed E-state index contributed by atoms with van der Waals surface area (Å²) >= 11 is 11.0. The number of aliphatic hydroxyl groups excluding tert-OH is 1. The van der Waals surface area contributed by atoms with Gasteiger partial charge >= 0.3 is 0 Å². The largest absolute Gasteiger partial charge is 0.388 e. The van der Waals surface area contributed by atoms with Crippen LogP contribution in [0.5, 0.6) is 0 Å². The van der Waals surface area contributed by atoms with Crippen LogP contribution >= 0.6 is 23.2 Å². The van der Waals surface area contributed by atoms with E-state index in [4.69, 9.17) is 32.7 Å². The van der Waals surface area contributed by atoms with Crippen molar-refractivity contribution < 1.29 is 14.6 Å². The summed E-state index contributed by atoms with van der Waals surface area (Å²) in [4.78, 5) is 0. The summed E-state index contributed by atoms with van der Waals surface area (Å²) in [7, 11) is 0. The molecule has 0 aromatic carbocycles. The molecule has 1 N–H and O–H groups in total. The average Bonchev–Trinajstić information content (AvgIpc) is 1.96. The Morgan fingerprint density at radius 2 is 1.42 bits per heavy atom.